The van der Waals surface area contributed by atoms with Gasteiger partial charge in [-0.05, 0) is 59.4 Å². The van der Waals surface area contributed by atoms with Gasteiger partial charge in [0.15, 0.2) is 0 Å². The van der Waals surface area contributed by atoms with E-state index in [4.69, 9.17) is 5.11 Å². The molecular formula is C25H30O4S2. The summed E-state index contributed by atoms with van der Waals surface area (Å²) < 4.78 is 0. The summed E-state index contributed by atoms with van der Waals surface area (Å²) in [4.78, 5) is 22.8. The zero-order valence-corrected chi connectivity index (χ0v) is 19.2. The normalized spacial score (nSPS) is 20.0. The van der Waals surface area contributed by atoms with E-state index < -0.39 is 12.1 Å². The molecule has 0 unspecified atom stereocenters. The first kappa shape index (κ1) is 23.9. The molecule has 3 rings (SSSR count). The molecule has 1 aliphatic carbocycles. The number of hydrogen-bond acceptors (Lipinski definition) is 5. The van der Waals surface area contributed by atoms with E-state index in [1.807, 2.05) is 24.3 Å². The number of carbonyl (C=O) groups is 2. The number of carboxylic acids is 1. The Labute approximate surface area is 192 Å². The smallest absolute Gasteiger partial charge is 0.313 e. The first-order valence-electron chi connectivity index (χ1n) is 10.8. The number of hydrogen-bond donors (Lipinski definition) is 2. The number of carbonyl (C=O) groups excluding carboxylic acids is 1. The lowest BCUT2D eigenvalue weighted by Gasteiger charge is -2.15. The highest BCUT2D eigenvalue weighted by atomic mass is 32.2. The number of carboxylic acid groups (broad SMARTS) is 1. The van der Waals surface area contributed by atoms with Crippen molar-refractivity contribution in [3.63, 3.8) is 0 Å². The van der Waals surface area contributed by atoms with E-state index in [1.165, 1.54) is 28.1 Å². The second kappa shape index (κ2) is 12.3. The number of aliphatic hydroxyl groups excluding tert-OH is 1. The predicted octanol–water partition coefficient (Wildman–Crippen LogP) is 4.98. The fourth-order valence-electron chi connectivity index (χ4n) is 3.86. The predicted molar refractivity (Wildman–Crippen MR) is 131 cm³/mol. The molecule has 166 valence electrons. The van der Waals surface area contributed by atoms with Crippen LogP contribution in [0.1, 0.15) is 31.2 Å². The molecule has 3 atom stereocenters. The molecule has 2 aromatic rings. The maximum absolute atomic E-state index is 12.3. The third kappa shape index (κ3) is 7.70. The van der Waals surface area contributed by atoms with E-state index in [1.54, 1.807) is 11.8 Å². The van der Waals surface area contributed by atoms with Crippen LogP contribution >= 0.6 is 23.5 Å². The van der Waals surface area contributed by atoms with E-state index in [-0.39, 0.29) is 16.9 Å². The summed E-state index contributed by atoms with van der Waals surface area (Å²) in [7, 11) is 0. The molecule has 0 amide bonds. The minimum absolute atomic E-state index is 0.0339. The molecule has 2 aromatic carbocycles. The molecule has 0 heterocycles. The SMILES string of the molecule is O=C(O)CSCCCS[C@H]1C(=O)CC[C@H]1C=C[C@@H](O)CCc1ccc2ccccc2c1. The molecule has 2 N–H and O–H groups in total. The minimum atomic E-state index is -0.784. The summed E-state index contributed by atoms with van der Waals surface area (Å²) in [6.45, 7) is 0. The molecule has 0 spiro atoms. The monoisotopic (exact) mass is 458 g/mol. The Bertz CT molecular complexity index is 911. The fourth-order valence-corrected chi connectivity index (χ4v) is 6.05. The maximum atomic E-state index is 12.3. The van der Waals surface area contributed by atoms with Crippen LogP contribution in [-0.4, -0.2) is 50.6 Å². The summed E-state index contributed by atoms with van der Waals surface area (Å²) in [5.74, 6) is 1.48. The number of benzene rings is 2. The van der Waals surface area contributed by atoms with E-state index >= 15 is 0 Å². The highest BCUT2D eigenvalue weighted by molar-refractivity contribution is 8.01. The Hall–Kier alpha value is -1.76. The van der Waals surface area contributed by atoms with Gasteiger partial charge in [0.05, 0.1) is 17.1 Å². The molecule has 0 radical (unpaired) electrons. The Kier molecular flexibility index (Phi) is 9.50. The molecule has 31 heavy (non-hydrogen) atoms. The van der Waals surface area contributed by atoms with E-state index in [0.717, 1.165) is 30.8 Å². The molecule has 6 heteroatoms. The van der Waals surface area contributed by atoms with Crippen molar-refractivity contribution in [2.45, 2.75) is 43.5 Å². The zero-order chi connectivity index (χ0) is 22.1. The molecule has 4 nitrogen and oxygen atoms in total. The summed E-state index contributed by atoms with van der Waals surface area (Å²) in [6, 6.07) is 14.7. The van der Waals surface area contributed by atoms with Gasteiger partial charge in [0, 0.05) is 6.42 Å². The molecule has 0 bridgehead atoms. The maximum Gasteiger partial charge on any atom is 0.313 e. The van der Waals surface area contributed by atoms with Gasteiger partial charge in [0.2, 0.25) is 0 Å². The minimum Gasteiger partial charge on any atom is -0.481 e. The fraction of sp³-hybridized carbons (Fsp3) is 0.440. The number of fused-ring (bicyclic) bond motifs is 1. The van der Waals surface area contributed by atoms with Gasteiger partial charge in [-0.1, -0.05) is 54.6 Å². The molecule has 0 aliphatic heterocycles. The van der Waals surface area contributed by atoms with Crippen molar-refractivity contribution in [3.05, 3.63) is 60.2 Å². The largest absolute Gasteiger partial charge is 0.481 e. The molecular weight excluding hydrogens is 428 g/mol. The number of ketones is 1. The molecule has 0 aromatic heterocycles. The molecule has 1 saturated carbocycles. The lowest BCUT2D eigenvalue weighted by Crippen LogP contribution is -2.17. The Morgan fingerprint density at radius 1 is 1.16 bits per heavy atom. The average molecular weight is 459 g/mol. The second-order valence-electron chi connectivity index (χ2n) is 7.93. The summed E-state index contributed by atoms with van der Waals surface area (Å²) in [6.07, 6.45) is 7.21. The van der Waals surface area contributed by atoms with Crippen LogP contribution in [0.5, 0.6) is 0 Å². The number of aliphatic carboxylic acids is 1. The van der Waals surface area contributed by atoms with Crippen LogP contribution in [0.4, 0.5) is 0 Å². The van der Waals surface area contributed by atoms with Crippen molar-refractivity contribution in [1.82, 2.24) is 0 Å². The van der Waals surface area contributed by atoms with Gasteiger partial charge >= 0.3 is 5.97 Å². The summed E-state index contributed by atoms with van der Waals surface area (Å²) in [5.41, 5.74) is 1.22. The van der Waals surface area contributed by atoms with E-state index in [2.05, 4.69) is 30.3 Å². The number of aliphatic hydroxyl groups is 1. The first-order valence-corrected chi connectivity index (χ1v) is 13.0. The Morgan fingerprint density at radius 3 is 2.77 bits per heavy atom. The number of rotatable bonds is 12. The van der Waals surface area contributed by atoms with Gasteiger partial charge in [-0.15, -0.1) is 11.8 Å². The molecule has 1 fully saturated rings. The third-order valence-corrected chi connectivity index (χ3v) is 8.03. The van der Waals surface area contributed by atoms with Gasteiger partial charge < -0.3 is 10.2 Å². The first-order chi connectivity index (χ1) is 15.0. The van der Waals surface area contributed by atoms with Crippen LogP contribution in [0.15, 0.2) is 54.6 Å². The standard InChI is InChI=1S/C25H30O4S2/c26-22(11-7-18-6-8-19-4-1-2-5-21(19)16-18)12-9-20-10-13-23(27)25(20)31-15-3-14-30-17-24(28)29/h1-2,4-6,8-9,12,16,20,22,25-26H,3,7,10-11,13-15,17H2,(H,28,29)/t20-,22+,25-/m1/s1. The van der Waals surface area contributed by atoms with Gasteiger partial charge in [-0.2, -0.15) is 11.8 Å². The van der Waals surface area contributed by atoms with Crippen LogP contribution < -0.4 is 0 Å². The summed E-state index contributed by atoms with van der Waals surface area (Å²) >= 11 is 3.10. The summed E-state index contributed by atoms with van der Waals surface area (Å²) in [5, 5.41) is 21.5. The highest BCUT2D eigenvalue weighted by Crippen LogP contribution is 2.34. The third-order valence-electron chi connectivity index (χ3n) is 5.51. The number of aryl methyl sites for hydroxylation is 1. The molecule has 1 aliphatic rings. The van der Waals surface area contributed by atoms with Crippen molar-refractivity contribution in [1.29, 1.82) is 0 Å². The van der Waals surface area contributed by atoms with Crippen molar-refractivity contribution in [2.24, 2.45) is 5.92 Å². The van der Waals surface area contributed by atoms with Crippen LogP contribution in [0, 0.1) is 5.92 Å². The van der Waals surface area contributed by atoms with Crippen LogP contribution in [0.3, 0.4) is 0 Å². The zero-order valence-electron chi connectivity index (χ0n) is 17.6. The van der Waals surface area contributed by atoms with Crippen molar-refractivity contribution < 1.29 is 19.8 Å². The Balaban J connectivity index is 1.42. The number of Topliss-reactive ketones (excluding diaryl/α,β-unsaturated/α-hetero) is 1. The van der Waals surface area contributed by atoms with Crippen molar-refractivity contribution in [2.75, 3.05) is 17.3 Å². The van der Waals surface area contributed by atoms with Crippen molar-refractivity contribution >= 4 is 46.0 Å². The van der Waals surface area contributed by atoms with Crippen LogP contribution in [-0.2, 0) is 16.0 Å². The van der Waals surface area contributed by atoms with E-state index in [9.17, 15) is 14.7 Å². The highest BCUT2D eigenvalue weighted by Gasteiger charge is 2.33. The van der Waals surface area contributed by atoms with Crippen LogP contribution in [0.25, 0.3) is 10.8 Å². The average Bonchev–Trinajstić information content (AvgIpc) is 3.12. The Morgan fingerprint density at radius 2 is 1.97 bits per heavy atom. The van der Waals surface area contributed by atoms with Crippen molar-refractivity contribution in [3.8, 4) is 0 Å². The van der Waals surface area contributed by atoms with Crippen LogP contribution in [0.2, 0.25) is 0 Å². The lowest BCUT2D eigenvalue weighted by molar-refractivity contribution is -0.133. The quantitative estimate of drug-likeness (QED) is 0.345. The lowest BCUT2D eigenvalue weighted by atomic mass is 10.0. The van der Waals surface area contributed by atoms with E-state index in [0.29, 0.717) is 18.6 Å². The number of allylic oxidation sites excluding steroid dienone is 1. The number of thioether (sulfide) groups is 2. The van der Waals surface area contributed by atoms with Gasteiger partial charge in [0.1, 0.15) is 5.78 Å². The topological polar surface area (TPSA) is 74.6 Å². The van der Waals surface area contributed by atoms with Gasteiger partial charge in [0.25, 0.3) is 0 Å². The van der Waals surface area contributed by atoms with Gasteiger partial charge in [-0.3, -0.25) is 9.59 Å². The van der Waals surface area contributed by atoms with Gasteiger partial charge in [-0.25, -0.2) is 0 Å². The molecule has 0 saturated heterocycles. The second-order valence-corrected chi connectivity index (χ2v) is 10.3.